The quantitative estimate of drug-likeness (QED) is 0.351. The fourth-order valence-corrected chi connectivity index (χ4v) is 3.26. The average molecular weight is 413 g/mol. The van der Waals surface area contributed by atoms with Crippen LogP contribution < -0.4 is 31.9 Å². The first kappa shape index (κ1) is 22.7. The van der Waals surface area contributed by atoms with Gasteiger partial charge in [0, 0.05) is 78.5 Å². The molecule has 8 heteroatoms. The highest BCUT2D eigenvalue weighted by atomic mass is 15.0. The maximum absolute atomic E-state index is 4.79. The molecule has 2 aromatic rings. The van der Waals surface area contributed by atoms with Gasteiger partial charge in [0.2, 0.25) is 0 Å². The van der Waals surface area contributed by atoms with Crippen LogP contribution in [-0.2, 0) is 13.1 Å². The Labute approximate surface area is 180 Å². The molecule has 0 aliphatic carbocycles. The first-order chi connectivity index (χ1) is 14.9. The maximum atomic E-state index is 4.79. The first-order valence-corrected chi connectivity index (χ1v) is 11.1. The Balaban J connectivity index is 1.55. The zero-order valence-corrected chi connectivity index (χ0v) is 17.8. The molecule has 8 nitrogen and oxygen atoms in total. The average Bonchev–Trinajstić information content (AvgIpc) is 2.78. The Morgan fingerprint density at radius 1 is 0.433 bits per heavy atom. The molecule has 0 fully saturated rings. The molecular formula is C22H36N8. The fraction of sp³-hybridized carbons (Fsp3) is 0.545. The SMILES string of the molecule is c1cc2nc(c1)-c1cccc(n1)CNCCNCCNCCNCCNCCNC2. The zero-order chi connectivity index (χ0) is 20.7. The third-order valence-electron chi connectivity index (χ3n) is 4.88. The second-order valence-corrected chi connectivity index (χ2v) is 7.38. The van der Waals surface area contributed by atoms with Crippen LogP contribution in [0.25, 0.3) is 11.4 Å². The molecule has 3 heterocycles. The molecule has 4 bridgehead atoms. The lowest BCUT2D eigenvalue weighted by Crippen LogP contribution is -2.37. The van der Waals surface area contributed by atoms with Gasteiger partial charge in [0.1, 0.15) is 0 Å². The number of rotatable bonds is 0. The normalized spacial score (nSPS) is 18.9. The molecule has 0 radical (unpaired) electrons. The number of aromatic nitrogens is 2. The van der Waals surface area contributed by atoms with Gasteiger partial charge in [0.15, 0.2) is 0 Å². The molecule has 164 valence electrons. The van der Waals surface area contributed by atoms with Gasteiger partial charge < -0.3 is 31.9 Å². The van der Waals surface area contributed by atoms with Gasteiger partial charge >= 0.3 is 0 Å². The smallest absolute Gasteiger partial charge is 0.0890 e. The van der Waals surface area contributed by atoms with E-state index in [9.17, 15) is 0 Å². The topological polar surface area (TPSA) is 98.0 Å². The van der Waals surface area contributed by atoms with Crippen molar-refractivity contribution in [1.82, 2.24) is 41.9 Å². The Kier molecular flexibility index (Phi) is 10.7. The molecule has 0 aromatic carbocycles. The van der Waals surface area contributed by atoms with Crippen molar-refractivity contribution in [2.45, 2.75) is 13.1 Å². The summed E-state index contributed by atoms with van der Waals surface area (Å²) in [5.74, 6) is 0. The van der Waals surface area contributed by atoms with Crippen molar-refractivity contribution < 1.29 is 0 Å². The van der Waals surface area contributed by atoms with Gasteiger partial charge in [0.25, 0.3) is 0 Å². The number of nitrogens with zero attached hydrogens (tertiary/aromatic N) is 2. The molecular weight excluding hydrogens is 376 g/mol. The van der Waals surface area contributed by atoms with Crippen LogP contribution in [0, 0.1) is 0 Å². The third kappa shape index (κ3) is 8.83. The van der Waals surface area contributed by atoms with Crippen molar-refractivity contribution >= 4 is 0 Å². The van der Waals surface area contributed by atoms with E-state index in [-0.39, 0.29) is 0 Å². The van der Waals surface area contributed by atoms with E-state index in [0.717, 1.165) is 101 Å². The predicted molar refractivity (Wildman–Crippen MR) is 122 cm³/mol. The molecule has 0 saturated heterocycles. The molecule has 3 rings (SSSR count). The number of hydrogen-bond donors (Lipinski definition) is 6. The molecule has 1 aliphatic rings. The van der Waals surface area contributed by atoms with Gasteiger partial charge in [-0.15, -0.1) is 0 Å². The van der Waals surface area contributed by atoms with Crippen LogP contribution in [0.4, 0.5) is 0 Å². The summed E-state index contributed by atoms with van der Waals surface area (Å²) >= 11 is 0. The summed E-state index contributed by atoms with van der Waals surface area (Å²) in [7, 11) is 0. The van der Waals surface area contributed by atoms with Crippen LogP contribution in [0.2, 0.25) is 0 Å². The lowest BCUT2D eigenvalue weighted by atomic mass is 10.2. The van der Waals surface area contributed by atoms with E-state index in [1.807, 2.05) is 12.1 Å². The van der Waals surface area contributed by atoms with E-state index >= 15 is 0 Å². The lowest BCUT2D eigenvalue weighted by Gasteiger charge is -2.10. The van der Waals surface area contributed by atoms with Crippen molar-refractivity contribution in [3.05, 3.63) is 47.8 Å². The summed E-state index contributed by atoms with van der Waals surface area (Å²) in [4.78, 5) is 9.57. The fourth-order valence-electron chi connectivity index (χ4n) is 3.26. The summed E-state index contributed by atoms with van der Waals surface area (Å²) < 4.78 is 0. The number of hydrogen-bond acceptors (Lipinski definition) is 8. The van der Waals surface area contributed by atoms with E-state index in [2.05, 4.69) is 56.2 Å². The number of fused-ring (bicyclic) bond motifs is 5. The van der Waals surface area contributed by atoms with Gasteiger partial charge in [-0.1, -0.05) is 12.1 Å². The van der Waals surface area contributed by atoms with E-state index in [1.54, 1.807) is 0 Å². The monoisotopic (exact) mass is 412 g/mol. The zero-order valence-electron chi connectivity index (χ0n) is 17.8. The van der Waals surface area contributed by atoms with Crippen molar-refractivity contribution in [2.75, 3.05) is 65.4 Å². The molecule has 0 amide bonds. The van der Waals surface area contributed by atoms with Crippen LogP contribution in [0.5, 0.6) is 0 Å². The van der Waals surface area contributed by atoms with Gasteiger partial charge in [0.05, 0.1) is 22.8 Å². The summed E-state index contributed by atoms with van der Waals surface area (Å²) in [6.07, 6.45) is 0. The van der Waals surface area contributed by atoms with Crippen molar-refractivity contribution in [2.24, 2.45) is 0 Å². The van der Waals surface area contributed by atoms with Crippen LogP contribution in [0.3, 0.4) is 0 Å². The number of nitrogens with one attached hydrogen (secondary N) is 6. The van der Waals surface area contributed by atoms with Crippen molar-refractivity contribution in [3.8, 4) is 11.4 Å². The van der Waals surface area contributed by atoms with Crippen molar-refractivity contribution in [3.63, 3.8) is 0 Å². The predicted octanol–water partition coefficient (Wildman–Crippen LogP) is -0.305. The second kappa shape index (κ2) is 14.1. The minimum atomic E-state index is 0.758. The van der Waals surface area contributed by atoms with E-state index in [1.165, 1.54) is 0 Å². The maximum Gasteiger partial charge on any atom is 0.0890 e. The highest BCUT2D eigenvalue weighted by Crippen LogP contribution is 2.15. The summed E-state index contributed by atoms with van der Waals surface area (Å²) in [5.41, 5.74) is 3.91. The van der Waals surface area contributed by atoms with E-state index in [4.69, 9.17) is 9.97 Å². The molecule has 6 N–H and O–H groups in total. The van der Waals surface area contributed by atoms with Crippen molar-refractivity contribution in [1.29, 1.82) is 0 Å². The molecule has 2 aromatic heterocycles. The highest BCUT2D eigenvalue weighted by molar-refractivity contribution is 5.54. The van der Waals surface area contributed by atoms with E-state index < -0.39 is 0 Å². The summed E-state index contributed by atoms with van der Waals surface area (Å²) in [6.45, 7) is 11.2. The van der Waals surface area contributed by atoms with Gasteiger partial charge in [-0.3, -0.25) is 0 Å². The summed E-state index contributed by atoms with van der Waals surface area (Å²) in [6, 6.07) is 12.3. The number of pyridine rings is 2. The molecule has 0 saturated carbocycles. The largest absolute Gasteiger partial charge is 0.314 e. The lowest BCUT2D eigenvalue weighted by molar-refractivity contribution is 0.550. The molecule has 1 aliphatic heterocycles. The second-order valence-electron chi connectivity index (χ2n) is 7.38. The first-order valence-electron chi connectivity index (χ1n) is 11.1. The Morgan fingerprint density at radius 2 is 0.767 bits per heavy atom. The Morgan fingerprint density at radius 3 is 1.13 bits per heavy atom. The third-order valence-corrected chi connectivity index (χ3v) is 4.88. The van der Waals surface area contributed by atoms with Gasteiger partial charge in [-0.25, -0.2) is 9.97 Å². The molecule has 0 spiro atoms. The minimum absolute atomic E-state index is 0.758. The van der Waals surface area contributed by atoms with Crippen LogP contribution in [-0.4, -0.2) is 75.4 Å². The molecule has 0 unspecified atom stereocenters. The van der Waals surface area contributed by atoms with Gasteiger partial charge in [-0.2, -0.15) is 0 Å². The van der Waals surface area contributed by atoms with Gasteiger partial charge in [-0.05, 0) is 24.3 Å². The standard InChI is InChI=1S/C22H36N8/c1-3-19-17-27-15-13-25-11-9-23-7-8-24-10-12-26-14-16-28-18-20-4-2-6-22(30-20)21(5-1)29-19/h1-6,23-28H,7-18H2. The Bertz CT molecular complexity index is 662. The van der Waals surface area contributed by atoms with Crippen LogP contribution in [0.1, 0.15) is 11.4 Å². The summed E-state index contributed by atoms with van der Waals surface area (Å²) in [5, 5.41) is 20.7. The highest BCUT2D eigenvalue weighted by Gasteiger charge is 2.04. The van der Waals surface area contributed by atoms with E-state index in [0.29, 0.717) is 0 Å². The molecule has 30 heavy (non-hydrogen) atoms. The van der Waals surface area contributed by atoms with Crippen LogP contribution >= 0.6 is 0 Å². The minimum Gasteiger partial charge on any atom is -0.314 e. The Hall–Kier alpha value is -1.94. The molecule has 0 atom stereocenters. The van der Waals surface area contributed by atoms with Crippen LogP contribution in [0.15, 0.2) is 36.4 Å².